The van der Waals surface area contributed by atoms with Gasteiger partial charge in [0, 0.05) is 17.8 Å². The Morgan fingerprint density at radius 2 is 1.83 bits per heavy atom. The molecule has 0 radical (unpaired) electrons. The third-order valence-corrected chi connectivity index (χ3v) is 3.95. The molecule has 2 aromatic rings. The van der Waals surface area contributed by atoms with Crippen molar-refractivity contribution in [2.75, 3.05) is 11.6 Å². The van der Waals surface area contributed by atoms with Crippen LogP contribution in [0.4, 0.5) is 15.8 Å². The Hall–Kier alpha value is -2.90. The summed E-state index contributed by atoms with van der Waals surface area (Å²) in [5.41, 5.74) is 2.66. The minimum absolute atomic E-state index is 0.238. The molecule has 1 atom stereocenters. The zero-order chi connectivity index (χ0) is 16.3. The molecule has 4 heteroatoms. The Balaban J connectivity index is 1.93. The zero-order valence-corrected chi connectivity index (χ0v) is 12.9. The molecular formula is C19H17FN3+. The molecule has 0 spiro atoms. The third-order valence-electron chi connectivity index (χ3n) is 3.95. The topological polar surface area (TPSA) is 27.0 Å². The number of allylic oxidation sites excluding steroid dienone is 1. The molecule has 1 aliphatic rings. The van der Waals surface area contributed by atoms with Crippen LogP contribution < -0.4 is 9.38 Å². The SMILES string of the molecule is CC=C[N+]1(c2ccc(C#N)cc2)C=CN(c2ccc(F)cc2)C1. The molecule has 3 nitrogen and oxygen atoms in total. The van der Waals surface area contributed by atoms with Gasteiger partial charge in [0.1, 0.15) is 23.9 Å². The summed E-state index contributed by atoms with van der Waals surface area (Å²) >= 11 is 0. The van der Waals surface area contributed by atoms with Crippen LogP contribution in [0.15, 0.2) is 73.2 Å². The van der Waals surface area contributed by atoms with Crippen molar-refractivity contribution in [3.63, 3.8) is 0 Å². The maximum Gasteiger partial charge on any atom is 0.171 e. The van der Waals surface area contributed by atoms with Gasteiger partial charge < -0.3 is 0 Å². The van der Waals surface area contributed by atoms with Gasteiger partial charge in [-0.1, -0.05) is 0 Å². The second-order valence-corrected chi connectivity index (χ2v) is 5.46. The summed E-state index contributed by atoms with van der Waals surface area (Å²) in [6.45, 7) is 2.67. The van der Waals surface area contributed by atoms with E-state index in [1.165, 1.54) is 12.1 Å². The Labute approximate surface area is 135 Å². The lowest BCUT2D eigenvalue weighted by Crippen LogP contribution is -2.40. The lowest BCUT2D eigenvalue weighted by Gasteiger charge is -2.29. The van der Waals surface area contributed by atoms with Crippen molar-refractivity contribution >= 4 is 11.4 Å². The first-order chi connectivity index (χ1) is 11.2. The number of quaternary nitrogens is 1. The fourth-order valence-electron chi connectivity index (χ4n) is 2.78. The number of halogens is 1. The summed E-state index contributed by atoms with van der Waals surface area (Å²) in [5.74, 6) is -0.238. The fourth-order valence-corrected chi connectivity index (χ4v) is 2.78. The Morgan fingerprint density at radius 3 is 2.43 bits per heavy atom. The summed E-state index contributed by atoms with van der Waals surface area (Å²) in [7, 11) is 0. The van der Waals surface area contributed by atoms with Crippen molar-refractivity contribution in [1.29, 1.82) is 5.26 Å². The van der Waals surface area contributed by atoms with Crippen molar-refractivity contribution in [3.8, 4) is 6.07 Å². The summed E-state index contributed by atoms with van der Waals surface area (Å²) in [4.78, 5) is 2.08. The highest BCUT2D eigenvalue weighted by Crippen LogP contribution is 2.32. The van der Waals surface area contributed by atoms with Gasteiger partial charge >= 0.3 is 0 Å². The number of benzene rings is 2. The zero-order valence-electron chi connectivity index (χ0n) is 12.9. The normalized spacial score (nSPS) is 20.1. The standard InChI is InChI=1S/C19H17FN3/c1-2-12-23(19-9-3-16(14-21)4-10-19)13-11-22(15-23)18-7-5-17(20)6-8-18/h2-13H,15H2,1H3/q+1. The molecule has 0 aliphatic carbocycles. The molecule has 1 aliphatic heterocycles. The van der Waals surface area contributed by atoms with E-state index in [4.69, 9.17) is 5.26 Å². The van der Waals surface area contributed by atoms with Crippen LogP contribution in [0.3, 0.4) is 0 Å². The lowest BCUT2D eigenvalue weighted by molar-refractivity contribution is 0.526. The monoisotopic (exact) mass is 306 g/mol. The van der Waals surface area contributed by atoms with Gasteiger partial charge in [-0.25, -0.2) is 8.87 Å². The van der Waals surface area contributed by atoms with Gasteiger partial charge in [0.15, 0.2) is 6.67 Å². The second kappa shape index (κ2) is 6.07. The summed E-state index contributed by atoms with van der Waals surface area (Å²) in [5, 5.41) is 8.95. The minimum Gasteiger partial charge on any atom is -0.295 e. The maximum atomic E-state index is 13.1. The van der Waals surface area contributed by atoms with Crippen LogP contribution in [0.1, 0.15) is 12.5 Å². The van der Waals surface area contributed by atoms with Crippen LogP contribution >= 0.6 is 0 Å². The largest absolute Gasteiger partial charge is 0.295 e. The van der Waals surface area contributed by atoms with E-state index in [2.05, 4.69) is 23.4 Å². The smallest absolute Gasteiger partial charge is 0.171 e. The molecular weight excluding hydrogens is 289 g/mol. The molecule has 0 saturated heterocycles. The van der Waals surface area contributed by atoms with E-state index >= 15 is 0 Å². The van der Waals surface area contributed by atoms with Gasteiger partial charge in [-0.05, 0) is 49.4 Å². The first-order valence-corrected chi connectivity index (χ1v) is 7.40. The van der Waals surface area contributed by atoms with Gasteiger partial charge in [0.2, 0.25) is 0 Å². The second-order valence-electron chi connectivity index (χ2n) is 5.46. The van der Waals surface area contributed by atoms with Crippen LogP contribution in [0, 0.1) is 17.1 Å². The highest BCUT2D eigenvalue weighted by molar-refractivity contribution is 5.58. The quantitative estimate of drug-likeness (QED) is 0.781. The van der Waals surface area contributed by atoms with E-state index in [0.717, 1.165) is 11.4 Å². The first kappa shape index (κ1) is 15.0. The van der Waals surface area contributed by atoms with Crippen molar-refractivity contribution < 1.29 is 4.39 Å². The molecule has 3 rings (SSSR count). The molecule has 0 saturated carbocycles. The van der Waals surface area contributed by atoms with E-state index in [9.17, 15) is 4.39 Å². The molecule has 0 N–H and O–H groups in total. The predicted molar refractivity (Wildman–Crippen MR) is 90.7 cm³/mol. The van der Waals surface area contributed by atoms with E-state index in [1.54, 1.807) is 12.1 Å². The molecule has 0 aromatic heterocycles. The molecule has 0 fully saturated rings. The summed E-state index contributed by atoms with van der Waals surface area (Å²) < 4.78 is 13.6. The van der Waals surface area contributed by atoms with E-state index in [1.807, 2.05) is 43.5 Å². The molecule has 23 heavy (non-hydrogen) atoms. The van der Waals surface area contributed by atoms with Crippen molar-refractivity contribution in [1.82, 2.24) is 4.48 Å². The van der Waals surface area contributed by atoms with Crippen molar-refractivity contribution in [3.05, 3.63) is 84.6 Å². The van der Waals surface area contributed by atoms with Crippen LogP contribution in [-0.2, 0) is 0 Å². The Bertz CT molecular complexity index is 785. The lowest BCUT2D eigenvalue weighted by atomic mass is 10.2. The number of anilines is 1. The van der Waals surface area contributed by atoms with Crippen LogP contribution in [-0.4, -0.2) is 6.67 Å². The van der Waals surface area contributed by atoms with E-state index < -0.39 is 0 Å². The Morgan fingerprint density at radius 1 is 1.13 bits per heavy atom. The summed E-state index contributed by atoms with van der Waals surface area (Å²) in [6, 6.07) is 16.2. The average Bonchev–Trinajstić information content (AvgIpc) is 3.01. The average molecular weight is 306 g/mol. The molecule has 0 amide bonds. The molecule has 2 aromatic carbocycles. The maximum absolute atomic E-state index is 13.1. The van der Waals surface area contributed by atoms with Gasteiger partial charge in [-0.3, -0.25) is 4.90 Å². The summed E-state index contributed by atoms with van der Waals surface area (Å²) in [6.07, 6.45) is 8.20. The molecule has 0 bridgehead atoms. The molecule has 114 valence electrons. The highest BCUT2D eigenvalue weighted by atomic mass is 19.1. The molecule has 1 unspecified atom stereocenters. The van der Waals surface area contributed by atoms with Gasteiger partial charge in [-0.15, -0.1) is 0 Å². The van der Waals surface area contributed by atoms with Crippen molar-refractivity contribution in [2.24, 2.45) is 0 Å². The van der Waals surface area contributed by atoms with Gasteiger partial charge in [-0.2, -0.15) is 5.26 Å². The van der Waals surface area contributed by atoms with Crippen LogP contribution in [0.5, 0.6) is 0 Å². The number of nitrogens with zero attached hydrogens (tertiary/aromatic N) is 3. The molecule has 1 heterocycles. The van der Waals surface area contributed by atoms with Crippen molar-refractivity contribution in [2.45, 2.75) is 6.92 Å². The predicted octanol–water partition coefficient (Wildman–Crippen LogP) is 4.49. The van der Waals surface area contributed by atoms with E-state index in [0.29, 0.717) is 16.7 Å². The third kappa shape index (κ3) is 2.87. The van der Waals surface area contributed by atoms with Crippen LogP contribution in [0.2, 0.25) is 0 Å². The van der Waals surface area contributed by atoms with Crippen LogP contribution in [0.25, 0.3) is 0 Å². The first-order valence-electron chi connectivity index (χ1n) is 7.40. The number of hydrogen-bond acceptors (Lipinski definition) is 2. The number of hydrogen-bond donors (Lipinski definition) is 0. The highest BCUT2D eigenvalue weighted by Gasteiger charge is 2.33. The Kier molecular flexibility index (Phi) is 3.96. The fraction of sp³-hybridized carbons (Fsp3) is 0.105. The minimum atomic E-state index is -0.238. The van der Waals surface area contributed by atoms with Gasteiger partial charge in [0.05, 0.1) is 17.8 Å². The van der Waals surface area contributed by atoms with E-state index in [-0.39, 0.29) is 5.82 Å². The van der Waals surface area contributed by atoms with Gasteiger partial charge in [0.25, 0.3) is 0 Å². The number of rotatable bonds is 3. The number of nitriles is 1.